The smallest absolute Gasteiger partial charge is 0.242 e. The second-order valence-electron chi connectivity index (χ2n) is 7.08. The number of piperazine rings is 1. The van der Waals surface area contributed by atoms with Crippen LogP contribution < -0.4 is 4.90 Å². The average Bonchev–Trinajstić information content (AvgIpc) is 3.14. The third kappa shape index (κ3) is 3.85. The monoisotopic (exact) mass is 412 g/mol. The predicted octanol–water partition coefficient (Wildman–Crippen LogP) is 2.18. The molecule has 1 aliphatic rings. The van der Waals surface area contributed by atoms with E-state index in [-0.39, 0.29) is 23.4 Å². The van der Waals surface area contributed by atoms with Crippen molar-refractivity contribution in [2.24, 2.45) is 0 Å². The molecule has 1 amide bonds. The first kappa shape index (κ1) is 19.4. The molecule has 0 aliphatic carbocycles. The predicted molar refractivity (Wildman–Crippen MR) is 113 cm³/mol. The molecule has 2 aromatic carbocycles. The molecule has 0 spiro atoms. The summed E-state index contributed by atoms with van der Waals surface area (Å²) in [5, 5.41) is -0.0301. The fourth-order valence-electron chi connectivity index (χ4n) is 3.66. The fourth-order valence-corrected chi connectivity index (χ4v) is 4.66. The van der Waals surface area contributed by atoms with Gasteiger partial charge < -0.3 is 14.4 Å². The van der Waals surface area contributed by atoms with Crippen LogP contribution in [0.25, 0.3) is 11.0 Å². The number of hydrogen-bond donors (Lipinski definition) is 0. The molecule has 0 N–H and O–H groups in total. The molecule has 7 nitrogen and oxygen atoms in total. The van der Waals surface area contributed by atoms with Crippen molar-refractivity contribution in [3.8, 4) is 0 Å². The lowest BCUT2D eigenvalue weighted by Gasteiger charge is -2.36. The molecule has 0 radical (unpaired) electrons. The second-order valence-corrected chi connectivity index (χ2v) is 9.25. The zero-order chi connectivity index (χ0) is 20.4. The van der Waals surface area contributed by atoms with E-state index < -0.39 is 9.84 Å². The number of imidazole rings is 1. The molecule has 152 valence electrons. The highest BCUT2D eigenvalue weighted by molar-refractivity contribution is 7.91. The summed E-state index contributed by atoms with van der Waals surface area (Å²) in [6.45, 7) is 4.28. The molecule has 0 saturated carbocycles. The summed E-state index contributed by atoms with van der Waals surface area (Å²) < 4.78 is 26.6. The Labute approximate surface area is 170 Å². The van der Waals surface area contributed by atoms with Crippen LogP contribution >= 0.6 is 0 Å². The van der Waals surface area contributed by atoms with Crippen molar-refractivity contribution in [2.45, 2.75) is 18.6 Å². The van der Waals surface area contributed by atoms with Crippen molar-refractivity contribution in [3.05, 3.63) is 54.6 Å². The topological polar surface area (TPSA) is 75.5 Å². The van der Waals surface area contributed by atoms with E-state index in [0.717, 1.165) is 18.8 Å². The summed E-state index contributed by atoms with van der Waals surface area (Å²) in [6.07, 6.45) is 0. The number of carbonyl (C=O) groups is 1. The Morgan fingerprint density at radius 1 is 0.966 bits per heavy atom. The molecular weight excluding hydrogens is 388 g/mol. The highest BCUT2D eigenvalue weighted by Crippen LogP contribution is 2.21. The van der Waals surface area contributed by atoms with Crippen LogP contribution in [0, 0.1) is 0 Å². The largest absolute Gasteiger partial charge is 0.368 e. The Kier molecular flexibility index (Phi) is 5.27. The molecular formula is C21H24N4O3S. The number of nitrogens with zero attached hydrogens (tertiary/aromatic N) is 4. The quantitative estimate of drug-likeness (QED) is 0.642. The van der Waals surface area contributed by atoms with Gasteiger partial charge in [-0.05, 0) is 24.3 Å². The van der Waals surface area contributed by atoms with Crippen LogP contribution in [0.1, 0.15) is 6.92 Å². The maximum Gasteiger partial charge on any atom is 0.242 e. The van der Waals surface area contributed by atoms with Gasteiger partial charge in [-0.25, -0.2) is 13.4 Å². The van der Waals surface area contributed by atoms with E-state index in [0.29, 0.717) is 24.1 Å². The van der Waals surface area contributed by atoms with E-state index in [9.17, 15) is 13.2 Å². The van der Waals surface area contributed by atoms with E-state index in [1.165, 1.54) is 0 Å². The van der Waals surface area contributed by atoms with E-state index in [1.807, 2.05) is 30.3 Å². The van der Waals surface area contributed by atoms with Gasteiger partial charge in [0, 0.05) is 31.9 Å². The van der Waals surface area contributed by atoms with Gasteiger partial charge in [-0.15, -0.1) is 0 Å². The Bertz CT molecular complexity index is 1120. The normalized spacial score (nSPS) is 15.1. The van der Waals surface area contributed by atoms with Crippen LogP contribution in [0.5, 0.6) is 0 Å². The van der Waals surface area contributed by atoms with Gasteiger partial charge >= 0.3 is 0 Å². The van der Waals surface area contributed by atoms with Gasteiger partial charge in [0.25, 0.3) is 0 Å². The number of anilines is 1. The number of rotatable bonds is 5. The first-order chi connectivity index (χ1) is 14.0. The lowest BCUT2D eigenvalue weighted by atomic mass is 10.2. The molecule has 29 heavy (non-hydrogen) atoms. The highest BCUT2D eigenvalue weighted by Gasteiger charge is 2.26. The summed E-state index contributed by atoms with van der Waals surface area (Å²) in [5.41, 5.74) is 2.40. The molecule has 1 saturated heterocycles. The first-order valence-electron chi connectivity index (χ1n) is 9.75. The molecule has 3 aromatic rings. The van der Waals surface area contributed by atoms with Gasteiger partial charge in [0.2, 0.25) is 20.9 Å². The van der Waals surface area contributed by atoms with Gasteiger partial charge in [-0.1, -0.05) is 37.3 Å². The Morgan fingerprint density at radius 2 is 1.62 bits per heavy atom. The second kappa shape index (κ2) is 7.87. The standard InChI is InChI=1S/C21H24N4O3S/c1-2-29(27,28)21-22-18-10-6-7-11-19(18)25(21)16-20(26)24-14-12-23(13-15-24)17-8-4-3-5-9-17/h3-11H,2,12-16H2,1H3. The van der Waals surface area contributed by atoms with Gasteiger partial charge in [-0.3, -0.25) is 4.79 Å². The minimum atomic E-state index is -3.54. The number of sulfone groups is 1. The zero-order valence-corrected chi connectivity index (χ0v) is 17.2. The van der Waals surface area contributed by atoms with Crippen LogP contribution in [-0.2, 0) is 21.2 Å². The molecule has 0 atom stereocenters. The maximum absolute atomic E-state index is 13.0. The number of benzene rings is 2. The van der Waals surface area contributed by atoms with Crippen LogP contribution in [0.15, 0.2) is 59.8 Å². The third-order valence-corrected chi connectivity index (χ3v) is 6.95. The molecule has 1 aromatic heterocycles. The summed E-state index contributed by atoms with van der Waals surface area (Å²) in [6, 6.07) is 17.3. The molecule has 1 aliphatic heterocycles. The minimum absolute atomic E-state index is 0.0274. The minimum Gasteiger partial charge on any atom is -0.368 e. The molecule has 0 bridgehead atoms. The molecule has 2 heterocycles. The van der Waals surface area contributed by atoms with E-state index >= 15 is 0 Å². The molecule has 1 fully saturated rings. The first-order valence-corrected chi connectivity index (χ1v) is 11.4. The fraction of sp³-hybridized carbons (Fsp3) is 0.333. The maximum atomic E-state index is 13.0. The zero-order valence-electron chi connectivity index (χ0n) is 16.4. The van der Waals surface area contributed by atoms with Crippen LogP contribution in [0.3, 0.4) is 0 Å². The summed E-state index contributed by atoms with van der Waals surface area (Å²) in [5.74, 6) is -0.145. The number of hydrogen-bond acceptors (Lipinski definition) is 5. The van der Waals surface area contributed by atoms with Crippen molar-refractivity contribution in [2.75, 3.05) is 36.8 Å². The Morgan fingerprint density at radius 3 is 2.31 bits per heavy atom. The third-order valence-electron chi connectivity index (χ3n) is 5.32. The van der Waals surface area contributed by atoms with Gasteiger partial charge in [0.1, 0.15) is 6.54 Å². The van der Waals surface area contributed by atoms with Gasteiger partial charge in [-0.2, -0.15) is 0 Å². The Hall–Kier alpha value is -2.87. The SMILES string of the molecule is CCS(=O)(=O)c1nc2ccccc2n1CC(=O)N1CCN(c2ccccc2)CC1. The summed E-state index contributed by atoms with van der Waals surface area (Å²) >= 11 is 0. The van der Waals surface area contributed by atoms with Gasteiger partial charge in [0.15, 0.2) is 0 Å². The number of amides is 1. The number of fused-ring (bicyclic) bond motifs is 1. The molecule has 0 unspecified atom stereocenters. The number of carbonyl (C=O) groups excluding carboxylic acids is 1. The molecule has 8 heteroatoms. The van der Waals surface area contributed by atoms with Crippen molar-refractivity contribution in [3.63, 3.8) is 0 Å². The van der Waals surface area contributed by atoms with E-state index in [4.69, 9.17) is 0 Å². The van der Waals surface area contributed by atoms with Crippen LogP contribution in [0.4, 0.5) is 5.69 Å². The lowest BCUT2D eigenvalue weighted by molar-refractivity contribution is -0.132. The molecule has 4 rings (SSSR count). The Balaban J connectivity index is 1.53. The average molecular weight is 413 g/mol. The van der Waals surface area contributed by atoms with Crippen molar-refractivity contribution in [1.29, 1.82) is 0 Å². The lowest BCUT2D eigenvalue weighted by Crippen LogP contribution is -2.49. The van der Waals surface area contributed by atoms with Crippen LogP contribution in [0.2, 0.25) is 0 Å². The van der Waals surface area contributed by atoms with Crippen molar-refractivity contribution < 1.29 is 13.2 Å². The number of aromatic nitrogens is 2. The van der Waals surface area contributed by atoms with E-state index in [1.54, 1.807) is 28.5 Å². The van der Waals surface area contributed by atoms with Crippen molar-refractivity contribution >= 4 is 32.5 Å². The summed E-state index contributed by atoms with van der Waals surface area (Å²) in [4.78, 5) is 21.3. The highest BCUT2D eigenvalue weighted by atomic mass is 32.2. The summed E-state index contributed by atoms with van der Waals surface area (Å²) in [7, 11) is -3.54. The van der Waals surface area contributed by atoms with Crippen molar-refractivity contribution in [1.82, 2.24) is 14.5 Å². The van der Waals surface area contributed by atoms with Gasteiger partial charge in [0.05, 0.1) is 16.8 Å². The van der Waals surface area contributed by atoms with Crippen LogP contribution in [-0.4, -0.2) is 60.7 Å². The van der Waals surface area contributed by atoms with E-state index in [2.05, 4.69) is 22.0 Å². The number of para-hydroxylation sites is 3.